The Balaban J connectivity index is 1.13. The second kappa shape index (κ2) is 6.70. The van der Waals surface area contributed by atoms with E-state index < -0.39 is 6.09 Å². The minimum Gasteiger partial charge on any atom is -0.465 e. The number of likely N-dealkylation sites (tertiary alicyclic amines) is 3. The average molecular weight is 375 g/mol. The predicted octanol–water partition coefficient (Wildman–Crippen LogP) is 1.33. The fourth-order valence-electron chi connectivity index (χ4n) is 6.04. The number of nitrogens with one attached hydrogen (secondary N) is 1. The fraction of sp³-hybridized carbons (Fsp3) is 0.889. The summed E-state index contributed by atoms with van der Waals surface area (Å²) in [6, 6.07) is 1.64. The Bertz CT molecular complexity index is 667. The standard InChI is InChI=1S/C18H29N7O2/c26-17(27)24-9-5-18(12-24)10-14(11-18)23-7-3-13(4-8-23)25-6-1-2-15(25)16-19-21-22-20-16/h13-15H,1-12H2,(H,26,27)(H,19,20,21,22). The first-order valence-corrected chi connectivity index (χ1v) is 10.3. The number of tetrazole rings is 1. The van der Waals surface area contributed by atoms with Gasteiger partial charge >= 0.3 is 6.09 Å². The number of H-pyrrole nitrogens is 1. The van der Waals surface area contributed by atoms with Gasteiger partial charge in [0, 0.05) is 25.2 Å². The van der Waals surface area contributed by atoms with Crippen LogP contribution in [0.2, 0.25) is 0 Å². The largest absolute Gasteiger partial charge is 0.465 e. The third-order valence-electron chi connectivity index (χ3n) is 7.50. The summed E-state index contributed by atoms with van der Waals surface area (Å²) < 4.78 is 0. The molecule has 3 aliphatic heterocycles. The molecule has 1 amide bonds. The van der Waals surface area contributed by atoms with E-state index in [1.54, 1.807) is 4.90 Å². The molecule has 1 aromatic rings. The van der Waals surface area contributed by atoms with Gasteiger partial charge in [0.05, 0.1) is 6.04 Å². The van der Waals surface area contributed by atoms with Crippen molar-refractivity contribution in [2.45, 2.75) is 63.1 Å². The minimum absolute atomic E-state index is 0.277. The zero-order valence-corrected chi connectivity index (χ0v) is 15.8. The van der Waals surface area contributed by atoms with Crippen molar-refractivity contribution in [1.82, 2.24) is 35.3 Å². The van der Waals surface area contributed by atoms with Crippen LogP contribution in [0.4, 0.5) is 4.79 Å². The lowest BCUT2D eigenvalue weighted by Crippen LogP contribution is -2.56. The molecule has 0 bridgehead atoms. The van der Waals surface area contributed by atoms with Crippen LogP contribution in [0.3, 0.4) is 0 Å². The summed E-state index contributed by atoms with van der Waals surface area (Å²) >= 11 is 0. The van der Waals surface area contributed by atoms with Crippen molar-refractivity contribution >= 4 is 6.09 Å². The predicted molar refractivity (Wildman–Crippen MR) is 97.1 cm³/mol. The Hall–Kier alpha value is -1.74. The highest BCUT2D eigenvalue weighted by atomic mass is 16.4. The first-order valence-electron chi connectivity index (χ1n) is 10.3. The van der Waals surface area contributed by atoms with E-state index in [1.807, 2.05) is 0 Å². The molecule has 0 radical (unpaired) electrons. The molecule has 9 nitrogen and oxygen atoms in total. The number of nitrogens with zero attached hydrogens (tertiary/aromatic N) is 6. The van der Waals surface area contributed by atoms with Crippen molar-refractivity contribution in [3.05, 3.63) is 5.82 Å². The van der Waals surface area contributed by atoms with E-state index in [4.69, 9.17) is 0 Å². The molecule has 0 aromatic carbocycles. The normalized spacial score (nSPS) is 35.8. The van der Waals surface area contributed by atoms with Gasteiger partial charge in [-0.3, -0.25) is 4.90 Å². The summed E-state index contributed by atoms with van der Waals surface area (Å²) in [6.07, 6.45) is 7.44. The molecule has 1 aliphatic carbocycles. The molecule has 9 heteroatoms. The van der Waals surface area contributed by atoms with Gasteiger partial charge in [0.2, 0.25) is 0 Å². The van der Waals surface area contributed by atoms with E-state index in [0.717, 1.165) is 51.4 Å². The molecule has 5 rings (SSSR count). The molecule has 1 saturated carbocycles. The zero-order chi connectivity index (χ0) is 18.4. The molecular weight excluding hydrogens is 346 g/mol. The number of aromatic nitrogens is 4. The van der Waals surface area contributed by atoms with Crippen molar-refractivity contribution in [1.29, 1.82) is 0 Å². The van der Waals surface area contributed by atoms with Crippen LogP contribution in [0.5, 0.6) is 0 Å². The van der Waals surface area contributed by atoms with Crippen LogP contribution in [0.1, 0.15) is 56.8 Å². The molecule has 148 valence electrons. The maximum Gasteiger partial charge on any atom is 0.407 e. The molecular formula is C18H29N7O2. The van der Waals surface area contributed by atoms with Gasteiger partial charge in [0.15, 0.2) is 5.82 Å². The van der Waals surface area contributed by atoms with Crippen molar-refractivity contribution in [3.63, 3.8) is 0 Å². The van der Waals surface area contributed by atoms with Crippen LogP contribution in [-0.4, -0.2) is 91.3 Å². The monoisotopic (exact) mass is 375 g/mol. The van der Waals surface area contributed by atoms with E-state index >= 15 is 0 Å². The summed E-state index contributed by atoms with van der Waals surface area (Å²) in [7, 11) is 0. The van der Waals surface area contributed by atoms with Crippen LogP contribution in [0.15, 0.2) is 0 Å². The number of aromatic amines is 1. The van der Waals surface area contributed by atoms with Gasteiger partial charge in [-0.25, -0.2) is 9.89 Å². The van der Waals surface area contributed by atoms with Crippen molar-refractivity contribution < 1.29 is 9.90 Å². The first-order chi connectivity index (χ1) is 13.1. The zero-order valence-electron chi connectivity index (χ0n) is 15.8. The second-order valence-electron chi connectivity index (χ2n) is 8.97. The summed E-state index contributed by atoms with van der Waals surface area (Å²) in [5.74, 6) is 0.917. The van der Waals surface area contributed by atoms with Gasteiger partial charge < -0.3 is 14.9 Å². The number of amides is 1. The van der Waals surface area contributed by atoms with E-state index in [2.05, 4.69) is 30.4 Å². The van der Waals surface area contributed by atoms with Gasteiger partial charge in [-0.15, -0.1) is 5.10 Å². The second-order valence-corrected chi connectivity index (χ2v) is 8.97. The molecule has 1 spiro atoms. The van der Waals surface area contributed by atoms with E-state index in [-0.39, 0.29) is 5.41 Å². The van der Waals surface area contributed by atoms with Crippen molar-refractivity contribution in [2.75, 3.05) is 32.7 Å². The number of carboxylic acid groups (broad SMARTS) is 1. The third kappa shape index (κ3) is 3.10. The van der Waals surface area contributed by atoms with Gasteiger partial charge in [-0.1, -0.05) is 0 Å². The highest BCUT2D eigenvalue weighted by Crippen LogP contribution is 2.50. The Morgan fingerprint density at radius 3 is 2.59 bits per heavy atom. The first kappa shape index (κ1) is 17.4. The smallest absolute Gasteiger partial charge is 0.407 e. The summed E-state index contributed by atoms with van der Waals surface area (Å²) in [5, 5.41) is 23.8. The Labute approximate surface area is 159 Å². The Morgan fingerprint density at radius 2 is 1.93 bits per heavy atom. The molecule has 27 heavy (non-hydrogen) atoms. The summed E-state index contributed by atoms with van der Waals surface area (Å²) in [6.45, 7) is 4.93. The minimum atomic E-state index is -0.752. The van der Waals surface area contributed by atoms with Crippen LogP contribution in [0.25, 0.3) is 0 Å². The fourth-order valence-corrected chi connectivity index (χ4v) is 6.04. The summed E-state index contributed by atoms with van der Waals surface area (Å²) in [4.78, 5) is 18.1. The number of piperidine rings is 1. The van der Waals surface area contributed by atoms with Gasteiger partial charge in [-0.05, 0) is 80.4 Å². The maximum absolute atomic E-state index is 11.2. The van der Waals surface area contributed by atoms with Gasteiger partial charge in [0.25, 0.3) is 0 Å². The van der Waals surface area contributed by atoms with Gasteiger partial charge in [-0.2, -0.15) is 0 Å². The highest BCUT2D eigenvalue weighted by molar-refractivity contribution is 5.65. The highest BCUT2D eigenvalue weighted by Gasteiger charge is 2.51. The molecule has 1 atom stereocenters. The Morgan fingerprint density at radius 1 is 1.11 bits per heavy atom. The molecule has 3 saturated heterocycles. The molecule has 4 fully saturated rings. The quantitative estimate of drug-likeness (QED) is 0.822. The number of rotatable bonds is 3. The number of hydrogen-bond acceptors (Lipinski definition) is 6. The van der Waals surface area contributed by atoms with Crippen molar-refractivity contribution in [2.24, 2.45) is 5.41 Å². The lowest BCUT2D eigenvalue weighted by atomic mass is 9.64. The Kier molecular flexibility index (Phi) is 4.31. The van der Waals surface area contributed by atoms with E-state index in [9.17, 15) is 9.90 Å². The van der Waals surface area contributed by atoms with Crippen LogP contribution < -0.4 is 0 Å². The molecule has 4 heterocycles. The SMILES string of the molecule is O=C(O)N1CCC2(CC(N3CCC(N4CCCC4c4nnn[nH]4)CC3)C2)C1. The lowest BCUT2D eigenvalue weighted by molar-refractivity contribution is -0.0170. The molecule has 1 unspecified atom stereocenters. The molecule has 4 aliphatic rings. The van der Waals surface area contributed by atoms with Gasteiger partial charge in [0.1, 0.15) is 0 Å². The van der Waals surface area contributed by atoms with Crippen LogP contribution >= 0.6 is 0 Å². The maximum atomic E-state index is 11.2. The third-order valence-corrected chi connectivity index (χ3v) is 7.50. The lowest BCUT2D eigenvalue weighted by Gasteiger charge is -2.52. The number of hydrogen-bond donors (Lipinski definition) is 2. The molecule has 2 N–H and O–H groups in total. The average Bonchev–Trinajstić information content (AvgIpc) is 3.39. The van der Waals surface area contributed by atoms with Crippen LogP contribution in [-0.2, 0) is 0 Å². The molecule has 1 aromatic heterocycles. The topological polar surface area (TPSA) is 101 Å². The van der Waals surface area contributed by atoms with E-state index in [1.165, 1.54) is 32.1 Å². The number of carbonyl (C=O) groups is 1. The van der Waals surface area contributed by atoms with Crippen LogP contribution in [0, 0.1) is 5.41 Å². The van der Waals surface area contributed by atoms with Crippen molar-refractivity contribution in [3.8, 4) is 0 Å². The summed E-state index contributed by atoms with van der Waals surface area (Å²) in [5.41, 5.74) is 0.277. The van der Waals surface area contributed by atoms with E-state index in [0.29, 0.717) is 18.1 Å².